The summed E-state index contributed by atoms with van der Waals surface area (Å²) in [6.45, 7) is 1.97. The Morgan fingerprint density at radius 3 is 2.58 bits per heavy atom. The summed E-state index contributed by atoms with van der Waals surface area (Å²) in [7, 11) is 0. The lowest BCUT2D eigenvalue weighted by molar-refractivity contribution is -0.149. The van der Waals surface area contributed by atoms with E-state index in [1.807, 2.05) is 30.3 Å². The van der Waals surface area contributed by atoms with E-state index in [2.05, 4.69) is 5.32 Å². The Kier molecular flexibility index (Phi) is 7.47. The van der Waals surface area contributed by atoms with Gasteiger partial charge in [-0.15, -0.1) is 0 Å². The van der Waals surface area contributed by atoms with Crippen LogP contribution in [0.3, 0.4) is 0 Å². The lowest BCUT2D eigenvalue weighted by Crippen LogP contribution is -2.53. The van der Waals surface area contributed by atoms with Gasteiger partial charge in [-0.2, -0.15) is 11.8 Å². The van der Waals surface area contributed by atoms with E-state index in [9.17, 15) is 24.6 Å². The summed E-state index contributed by atoms with van der Waals surface area (Å²) in [6, 6.07) is 7.27. The average Bonchev–Trinajstić information content (AvgIpc) is 3.10. The van der Waals surface area contributed by atoms with Crippen molar-refractivity contribution in [1.29, 1.82) is 0 Å². The molecule has 26 heavy (non-hydrogen) atoms. The summed E-state index contributed by atoms with van der Waals surface area (Å²) in [6.07, 6.45) is 1.08. The van der Waals surface area contributed by atoms with Gasteiger partial charge in [0.1, 0.15) is 12.1 Å². The molecule has 1 aromatic carbocycles. The van der Waals surface area contributed by atoms with Crippen molar-refractivity contribution in [3.63, 3.8) is 0 Å². The van der Waals surface area contributed by atoms with E-state index >= 15 is 0 Å². The minimum Gasteiger partial charge on any atom is -0.480 e. The molecule has 1 unspecified atom stereocenters. The number of hydrogen-bond acceptors (Lipinski definition) is 5. The fourth-order valence-electron chi connectivity index (χ4n) is 2.97. The van der Waals surface area contributed by atoms with E-state index in [-0.39, 0.29) is 5.91 Å². The molecule has 1 saturated heterocycles. The first kappa shape index (κ1) is 20.3. The number of hydrogen-bond donors (Lipinski definition) is 3. The molecule has 0 aromatic heterocycles. The average molecular weight is 380 g/mol. The fourth-order valence-corrected chi connectivity index (χ4v) is 3.99. The van der Waals surface area contributed by atoms with Gasteiger partial charge < -0.3 is 15.1 Å². The van der Waals surface area contributed by atoms with Crippen LogP contribution in [0.2, 0.25) is 0 Å². The van der Waals surface area contributed by atoms with Crippen LogP contribution in [0.25, 0.3) is 0 Å². The Morgan fingerprint density at radius 1 is 1.27 bits per heavy atom. The van der Waals surface area contributed by atoms with Crippen LogP contribution in [0.4, 0.5) is 0 Å². The molecule has 1 amide bonds. The van der Waals surface area contributed by atoms with Crippen molar-refractivity contribution in [3.05, 3.63) is 35.9 Å². The van der Waals surface area contributed by atoms with Crippen LogP contribution in [0.1, 0.15) is 25.3 Å². The van der Waals surface area contributed by atoms with Crippen LogP contribution in [0, 0.1) is 0 Å². The Labute approximate surface area is 156 Å². The van der Waals surface area contributed by atoms with Crippen molar-refractivity contribution in [1.82, 2.24) is 10.2 Å². The smallest absolute Gasteiger partial charge is 0.326 e. The molecule has 3 atom stereocenters. The highest BCUT2D eigenvalue weighted by Gasteiger charge is 2.36. The number of carboxylic acids is 2. The molecule has 142 valence electrons. The number of carbonyl (C=O) groups is 3. The standard InChI is InChI=1S/C18H24N2O5S/c1-12(16(21)20-9-5-8-15(20)18(24)25)19-14(17(22)23)11-26-10-13-6-3-2-4-7-13/h2-4,6-7,12,14-15,19H,5,8-11H2,1H3,(H,22,23)(H,24,25)/t12-,14?,15-/m0/s1. The Balaban J connectivity index is 1.88. The van der Waals surface area contributed by atoms with E-state index < -0.39 is 30.1 Å². The maximum absolute atomic E-state index is 12.5. The molecule has 1 heterocycles. The highest BCUT2D eigenvalue weighted by Crippen LogP contribution is 2.19. The van der Waals surface area contributed by atoms with E-state index in [1.165, 1.54) is 16.7 Å². The van der Waals surface area contributed by atoms with Gasteiger partial charge in [0.25, 0.3) is 0 Å². The lowest BCUT2D eigenvalue weighted by Gasteiger charge is -2.27. The van der Waals surface area contributed by atoms with Crippen LogP contribution < -0.4 is 5.32 Å². The largest absolute Gasteiger partial charge is 0.480 e. The van der Waals surface area contributed by atoms with Crippen LogP contribution in [-0.2, 0) is 20.1 Å². The van der Waals surface area contributed by atoms with Crippen molar-refractivity contribution in [3.8, 4) is 0 Å². The summed E-state index contributed by atoms with van der Waals surface area (Å²) in [5.41, 5.74) is 1.10. The van der Waals surface area contributed by atoms with Crippen molar-refractivity contribution in [2.45, 2.75) is 43.6 Å². The van der Waals surface area contributed by atoms with Gasteiger partial charge in [0.05, 0.1) is 6.04 Å². The second-order valence-electron chi connectivity index (χ2n) is 6.31. The van der Waals surface area contributed by atoms with E-state index in [0.29, 0.717) is 30.9 Å². The quantitative estimate of drug-likeness (QED) is 0.595. The Hall–Kier alpha value is -2.06. The van der Waals surface area contributed by atoms with Crippen molar-refractivity contribution in [2.24, 2.45) is 0 Å². The molecule has 1 aromatic rings. The number of carbonyl (C=O) groups excluding carboxylic acids is 1. The van der Waals surface area contributed by atoms with Gasteiger partial charge in [-0.1, -0.05) is 30.3 Å². The number of nitrogens with zero attached hydrogens (tertiary/aromatic N) is 1. The molecule has 0 radical (unpaired) electrons. The van der Waals surface area contributed by atoms with Gasteiger partial charge >= 0.3 is 11.9 Å². The third-order valence-corrected chi connectivity index (χ3v) is 5.44. The summed E-state index contributed by atoms with van der Waals surface area (Å²) >= 11 is 1.47. The molecule has 0 saturated carbocycles. The normalized spacial score (nSPS) is 19.1. The predicted octanol–water partition coefficient (Wildman–Crippen LogP) is 1.43. The highest BCUT2D eigenvalue weighted by molar-refractivity contribution is 7.98. The summed E-state index contributed by atoms with van der Waals surface area (Å²) in [5.74, 6) is -1.42. The fraction of sp³-hybridized carbons (Fsp3) is 0.500. The zero-order valence-electron chi connectivity index (χ0n) is 14.6. The number of carboxylic acid groups (broad SMARTS) is 2. The number of amides is 1. The summed E-state index contributed by atoms with van der Waals surface area (Å²) < 4.78 is 0. The third kappa shape index (κ3) is 5.47. The second kappa shape index (κ2) is 9.59. The molecule has 0 spiro atoms. The number of benzene rings is 1. The first-order chi connectivity index (χ1) is 12.4. The van der Waals surface area contributed by atoms with Gasteiger partial charge in [0, 0.05) is 18.1 Å². The molecule has 8 heteroatoms. The zero-order valence-corrected chi connectivity index (χ0v) is 15.4. The first-order valence-corrected chi connectivity index (χ1v) is 9.69. The molecule has 1 fully saturated rings. The second-order valence-corrected chi connectivity index (χ2v) is 7.34. The summed E-state index contributed by atoms with van der Waals surface area (Å²) in [5, 5.41) is 21.4. The Bertz CT molecular complexity index is 640. The minimum absolute atomic E-state index is 0.310. The van der Waals surface area contributed by atoms with Gasteiger partial charge in [-0.3, -0.25) is 14.9 Å². The predicted molar refractivity (Wildman–Crippen MR) is 99.0 cm³/mol. The maximum atomic E-state index is 12.5. The molecule has 3 N–H and O–H groups in total. The minimum atomic E-state index is -1.03. The van der Waals surface area contributed by atoms with Gasteiger partial charge in [0.2, 0.25) is 5.91 Å². The van der Waals surface area contributed by atoms with Gasteiger partial charge in [-0.25, -0.2) is 4.79 Å². The van der Waals surface area contributed by atoms with Crippen molar-refractivity contribution >= 4 is 29.6 Å². The monoisotopic (exact) mass is 380 g/mol. The number of nitrogens with one attached hydrogen (secondary N) is 1. The maximum Gasteiger partial charge on any atom is 0.326 e. The van der Waals surface area contributed by atoms with Crippen LogP contribution >= 0.6 is 11.8 Å². The molecular formula is C18H24N2O5S. The number of likely N-dealkylation sites (tertiary alicyclic amines) is 1. The van der Waals surface area contributed by atoms with Crippen molar-refractivity contribution < 1.29 is 24.6 Å². The highest BCUT2D eigenvalue weighted by atomic mass is 32.2. The number of aliphatic carboxylic acids is 2. The van der Waals surface area contributed by atoms with E-state index in [1.54, 1.807) is 6.92 Å². The number of rotatable bonds is 9. The SMILES string of the molecule is C[C@H](NC(CSCc1ccccc1)C(=O)O)C(=O)N1CCC[C@H]1C(=O)O. The van der Waals surface area contributed by atoms with Crippen LogP contribution in [0.15, 0.2) is 30.3 Å². The summed E-state index contributed by atoms with van der Waals surface area (Å²) in [4.78, 5) is 36.6. The molecule has 0 bridgehead atoms. The third-order valence-electron chi connectivity index (χ3n) is 4.34. The van der Waals surface area contributed by atoms with Crippen LogP contribution in [0.5, 0.6) is 0 Å². The number of thioether (sulfide) groups is 1. The molecule has 1 aliphatic rings. The Morgan fingerprint density at radius 2 is 1.96 bits per heavy atom. The van der Waals surface area contributed by atoms with E-state index in [0.717, 1.165) is 5.56 Å². The molecule has 2 rings (SSSR count). The van der Waals surface area contributed by atoms with Crippen molar-refractivity contribution in [2.75, 3.05) is 12.3 Å². The van der Waals surface area contributed by atoms with Gasteiger partial charge in [-0.05, 0) is 25.3 Å². The lowest BCUT2D eigenvalue weighted by atomic mass is 10.2. The van der Waals surface area contributed by atoms with Crippen LogP contribution in [-0.4, -0.2) is 63.4 Å². The first-order valence-electron chi connectivity index (χ1n) is 8.54. The van der Waals surface area contributed by atoms with E-state index in [4.69, 9.17) is 0 Å². The topological polar surface area (TPSA) is 107 Å². The molecule has 0 aliphatic carbocycles. The van der Waals surface area contributed by atoms with Gasteiger partial charge in [0.15, 0.2) is 0 Å². The molecular weight excluding hydrogens is 356 g/mol. The molecule has 1 aliphatic heterocycles. The zero-order chi connectivity index (χ0) is 19.1. The molecule has 7 nitrogen and oxygen atoms in total.